The van der Waals surface area contributed by atoms with E-state index in [9.17, 15) is 9.59 Å². The number of rotatable bonds is 4. The Hall–Kier alpha value is -2.04. The number of hydrogen-bond acceptors (Lipinski definition) is 2. The van der Waals surface area contributed by atoms with Crippen molar-refractivity contribution in [2.45, 2.75) is 38.8 Å². The average molecular weight is 276 g/mol. The molecule has 2 atom stereocenters. The monoisotopic (exact) mass is 276 g/mol. The molecule has 0 heterocycles. The Morgan fingerprint density at radius 3 is 2.60 bits per heavy atom. The molecule has 1 fully saturated rings. The van der Waals surface area contributed by atoms with E-state index < -0.39 is 11.9 Å². The zero-order valence-electron chi connectivity index (χ0n) is 11.6. The highest BCUT2D eigenvalue weighted by Gasteiger charge is 2.33. The maximum atomic E-state index is 11.8. The molecule has 5 heteroatoms. The van der Waals surface area contributed by atoms with Crippen LogP contribution in [0.1, 0.15) is 30.4 Å². The first-order valence-electron chi connectivity index (χ1n) is 6.89. The third-order valence-electron chi connectivity index (χ3n) is 3.72. The molecule has 3 N–H and O–H groups in total. The molecular weight excluding hydrogens is 256 g/mol. The average Bonchev–Trinajstić information content (AvgIpc) is 2.86. The highest BCUT2D eigenvalue weighted by molar-refractivity contribution is 5.77. The van der Waals surface area contributed by atoms with Gasteiger partial charge in [-0.05, 0) is 25.3 Å². The third-order valence-corrected chi connectivity index (χ3v) is 3.72. The second-order valence-electron chi connectivity index (χ2n) is 5.29. The number of aryl methyl sites for hydroxylation is 1. The van der Waals surface area contributed by atoms with Crippen molar-refractivity contribution in [3.05, 3.63) is 35.4 Å². The summed E-state index contributed by atoms with van der Waals surface area (Å²) in [6, 6.07) is 7.35. The molecule has 2 unspecified atom stereocenters. The van der Waals surface area contributed by atoms with Crippen LogP contribution >= 0.6 is 0 Å². The lowest BCUT2D eigenvalue weighted by atomic mass is 10.0. The van der Waals surface area contributed by atoms with Crippen molar-refractivity contribution in [3.8, 4) is 0 Å². The van der Waals surface area contributed by atoms with Gasteiger partial charge in [0.15, 0.2) is 0 Å². The minimum Gasteiger partial charge on any atom is -0.481 e. The summed E-state index contributed by atoms with van der Waals surface area (Å²) < 4.78 is 0. The molecule has 0 aliphatic heterocycles. The molecule has 1 saturated carbocycles. The Balaban J connectivity index is 1.80. The smallest absolute Gasteiger partial charge is 0.315 e. The van der Waals surface area contributed by atoms with Crippen LogP contribution < -0.4 is 10.6 Å². The summed E-state index contributed by atoms with van der Waals surface area (Å²) in [5.41, 5.74) is 2.19. The summed E-state index contributed by atoms with van der Waals surface area (Å²) in [7, 11) is 0. The summed E-state index contributed by atoms with van der Waals surface area (Å²) in [5, 5.41) is 14.6. The van der Waals surface area contributed by atoms with Crippen LogP contribution in [0.5, 0.6) is 0 Å². The van der Waals surface area contributed by atoms with Crippen LogP contribution in [0.15, 0.2) is 24.3 Å². The van der Waals surface area contributed by atoms with E-state index in [4.69, 9.17) is 5.11 Å². The SMILES string of the molecule is Cc1ccc(CNC(=O)NC2CCCC2C(=O)O)cc1. The normalized spacial score (nSPS) is 21.4. The van der Waals surface area contributed by atoms with Gasteiger partial charge in [0.25, 0.3) is 0 Å². The number of carbonyl (C=O) groups excluding carboxylic acids is 1. The minimum absolute atomic E-state index is 0.259. The molecule has 0 bridgehead atoms. The lowest BCUT2D eigenvalue weighted by Gasteiger charge is -2.18. The topological polar surface area (TPSA) is 78.4 Å². The van der Waals surface area contributed by atoms with Gasteiger partial charge in [0.2, 0.25) is 0 Å². The van der Waals surface area contributed by atoms with Crippen molar-refractivity contribution in [1.82, 2.24) is 10.6 Å². The lowest BCUT2D eigenvalue weighted by Crippen LogP contribution is -2.45. The van der Waals surface area contributed by atoms with Crippen molar-refractivity contribution in [2.75, 3.05) is 0 Å². The molecule has 1 aliphatic carbocycles. The van der Waals surface area contributed by atoms with E-state index in [1.54, 1.807) is 0 Å². The van der Waals surface area contributed by atoms with Crippen LogP contribution in [-0.2, 0) is 11.3 Å². The zero-order chi connectivity index (χ0) is 14.5. The molecule has 0 spiro atoms. The van der Waals surface area contributed by atoms with Crippen LogP contribution in [0.25, 0.3) is 0 Å². The minimum atomic E-state index is -0.827. The van der Waals surface area contributed by atoms with Gasteiger partial charge in [-0.15, -0.1) is 0 Å². The van der Waals surface area contributed by atoms with Crippen LogP contribution in [0.2, 0.25) is 0 Å². The fraction of sp³-hybridized carbons (Fsp3) is 0.467. The van der Waals surface area contributed by atoms with Crippen LogP contribution in [0.3, 0.4) is 0 Å². The predicted octanol–water partition coefficient (Wildman–Crippen LogP) is 2.05. The highest BCUT2D eigenvalue weighted by Crippen LogP contribution is 2.25. The van der Waals surface area contributed by atoms with E-state index in [1.807, 2.05) is 31.2 Å². The molecule has 1 aromatic rings. The number of benzene rings is 1. The van der Waals surface area contributed by atoms with Gasteiger partial charge in [-0.1, -0.05) is 36.2 Å². The molecule has 0 saturated heterocycles. The van der Waals surface area contributed by atoms with E-state index in [0.717, 1.165) is 18.4 Å². The van der Waals surface area contributed by atoms with E-state index >= 15 is 0 Å². The maximum absolute atomic E-state index is 11.8. The quantitative estimate of drug-likeness (QED) is 0.787. The standard InChI is InChI=1S/C15H20N2O3/c1-10-5-7-11(8-6-10)9-16-15(20)17-13-4-2-3-12(13)14(18)19/h5-8,12-13H,2-4,9H2,1H3,(H,18,19)(H2,16,17,20). The highest BCUT2D eigenvalue weighted by atomic mass is 16.4. The third kappa shape index (κ3) is 3.73. The number of urea groups is 1. The van der Waals surface area contributed by atoms with Crippen molar-refractivity contribution in [3.63, 3.8) is 0 Å². The van der Waals surface area contributed by atoms with Gasteiger partial charge in [0.1, 0.15) is 0 Å². The van der Waals surface area contributed by atoms with Crippen molar-refractivity contribution in [2.24, 2.45) is 5.92 Å². The molecule has 108 valence electrons. The van der Waals surface area contributed by atoms with Gasteiger partial charge in [-0.25, -0.2) is 4.79 Å². The Morgan fingerprint density at radius 2 is 1.95 bits per heavy atom. The molecule has 2 rings (SSSR count). The van der Waals surface area contributed by atoms with E-state index in [-0.39, 0.29) is 12.1 Å². The van der Waals surface area contributed by atoms with Gasteiger partial charge < -0.3 is 15.7 Å². The van der Waals surface area contributed by atoms with Crippen molar-refractivity contribution >= 4 is 12.0 Å². The largest absolute Gasteiger partial charge is 0.481 e. The Kier molecular flexibility index (Phi) is 4.61. The van der Waals surface area contributed by atoms with Gasteiger partial charge in [-0.2, -0.15) is 0 Å². The number of carbonyl (C=O) groups is 2. The number of aliphatic carboxylic acids is 1. The lowest BCUT2D eigenvalue weighted by molar-refractivity contribution is -0.142. The molecule has 5 nitrogen and oxygen atoms in total. The number of hydrogen-bond donors (Lipinski definition) is 3. The fourth-order valence-corrected chi connectivity index (χ4v) is 2.54. The maximum Gasteiger partial charge on any atom is 0.315 e. The first-order chi connectivity index (χ1) is 9.56. The van der Waals surface area contributed by atoms with Crippen molar-refractivity contribution < 1.29 is 14.7 Å². The van der Waals surface area contributed by atoms with Gasteiger partial charge in [0.05, 0.1) is 5.92 Å². The Bertz CT molecular complexity index is 484. The fourth-order valence-electron chi connectivity index (χ4n) is 2.54. The zero-order valence-corrected chi connectivity index (χ0v) is 11.6. The Labute approximate surface area is 118 Å². The predicted molar refractivity (Wildman–Crippen MR) is 75.3 cm³/mol. The summed E-state index contributed by atoms with van der Waals surface area (Å²) >= 11 is 0. The number of amides is 2. The summed E-state index contributed by atoms with van der Waals surface area (Å²) in [5.74, 6) is -1.29. The van der Waals surface area contributed by atoms with Gasteiger partial charge >= 0.3 is 12.0 Å². The summed E-state index contributed by atoms with van der Waals surface area (Å²) in [6.07, 6.45) is 2.22. The van der Waals surface area contributed by atoms with E-state index in [2.05, 4.69) is 10.6 Å². The second kappa shape index (κ2) is 6.41. The number of nitrogens with one attached hydrogen (secondary N) is 2. The molecule has 0 aromatic heterocycles. The second-order valence-corrected chi connectivity index (χ2v) is 5.29. The van der Waals surface area contributed by atoms with Gasteiger partial charge in [0, 0.05) is 12.6 Å². The molecule has 0 radical (unpaired) electrons. The van der Waals surface area contributed by atoms with E-state index in [1.165, 1.54) is 5.56 Å². The Morgan fingerprint density at radius 1 is 1.25 bits per heavy atom. The number of carboxylic acids is 1. The molecule has 1 aromatic carbocycles. The van der Waals surface area contributed by atoms with Crippen molar-refractivity contribution in [1.29, 1.82) is 0 Å². The first kappa shape index (κ1) is 14.4. The number of carboxylic acid groups (broad SMARTS) is 1. The van der Waals surface area contributed by atoms with E-state index in [0.29, 0.717) is 13.0 Å². The molecular formula is C15H20N2O3. The first-order valence-corrected chi connectivity index (χ1v) is 6.89. The summed E-state index contributed by atoms with van der Waals surface area (Å²) in [6.45, 7) is 2.45. The van der Waals surface area contributed by atoms with Gasteiger partial charge in [-0.3, -0.25) is 4.79 Å². The summed E-state index contributed by atoms with van der Waals surface area (Å²) in [4.78, 5) is 22.8. The molecule has 1 aliphatic rings. The molecule has 2 amide bonds. The van der Waals surface area contributed by atoms with Crippen LogP contribution in [0.4, 0.5) is 4.79 Å². The molecule has 20 heavy (non-hydrogen) atoms. The van der Waals surface area contributed by atoms with Crippen LogP contribution in [0, 0.1) is 12.8 Å². The van der Waals surface area contributed by atoms with Crippen LogP contribution in [-0.4, -0.2) is 23.1 Å².